The molecule has 177 valence electrons. The molecule has 0 bridgehead atoms. The first-order valence-corrected chi connectivity index (χ1v) is 9.66. The number of nitrogens with zero attached hydrogens (tertiary/aromatic N) is 2. The third kappa shape index (κ3) is 4.63. The van der Waals surface area contributed by atoms with E-state index in [1.807, 2.05) is 42.6 Å². The van der Waals surface area contributed by atoms with E-state index in [1.54, 1.807) is 0 Å². The Morgan fingerprint density at radius 1 is 0.706 bits per heavy atom. The van der Waals surface area contributed by atoms with Crippen molar-refractivity contribution < 1.29 is 46.4 Å². The zero-order chi connectivity index (χ0) is 23.7. The van der Waals surface area contributed by atoms with Crippen molar-refractivity contribution in [1.82, 2.24) is 9.97 Å². The van der Waals surface area contributed by atoms with Crippen LogP contribution in [0.15, 0.2) is 85.2 Å². The van der Waals surface area contributed by atoms with Crippen LogP contribution >= 0.6 is 0 Å². The predicted octanol–water partition coefficient (Wildman–Crippen LogP) is 6.89. The molecule has 1 radical (unpaired) electrons. The molecule has 0 saturated carbocycles. The number of benzene rings is 2. The fourth-order valence-electron chi connectivity index (χ4n) is 3.19. The molecule has 5 rings (SSSR count). The van der Waals surface area contributed by atoms with E-state index >= 15 is 0 Å². The summed E-state index contributed by atoms with van der Waals surface area (Å²) in [6.45, 7) is 0. The largest absolute Gasteiger partial charge is 0.360 e. The van der Waals surface area contributed by atoms with Crippen LogP contribution in [-0.4, -0.2) is 27.7 Å². The number of fused-ring (bicyclic) bond motifs is 1. The van der Waals surface area contributed by atoms with Crippen LogP contribution in [0.2, 0.25) is 0 Å². The van der Waals surface area contributed by atoms with Crippen LogP contribution in [0, 0.1) is 12.1 Å². The molecule has 0 aliphatic heterocycles. The Morgan fingerprint density at radius 3 is 1.97 bits per heavy atom. The SMILES string of the molecule is FC1(F)[C-]=C(c2ccccn2)C(F)(F)C1(F)F.[Ir].[c-]1ccccc1-c1cc2ccccc2cn1. The molecule has 0 unspecified atom stereocenters. The molecular formula is C25H14F6IrN2-2. The molecule has 4 aromatic rings. The van der Waals surface area contributed by atoms with E-state index in [9.17, 15) is 26.3 Å². The van der Waals surface area contributed by atoms with Crippen molar-refractivity contribution >= 4 is 16.3 Å². The van der Waals surface area contributed by atoms with Crippen molar-refractivity contribution in [2.75, 3.05) is 0 Å². The zero-order valence-electron chi connectivity index (χ0n) is 17.1. The van der Waals surface area contributed by atoms with Crippen LogP contribution in [0.4, 0.5) is 26.3 Å². The summed E-state index contributed by atoms with van der Waals surface area (Å²) < 4.78 is 77.6. The van der Waals surface area contributed by atoms with Crippen molar-refractivity contribution in [2.24, 2.45) is 0 Å². The second kappa shape index (κ2) is 9.68. The van der Waals surface area contributed by atoms with Crippen LogP contribution in [0.25, 0.3) is 27.6 Å². The number of rotatable bonds is 2. The van der Waals surface area contributed by atoms with Gasteiger partial charge in [-0.05, 0) is 22.5 Å². The van der Waals surface area contributed by atoms with Gasteiger partial charge in [0.1, 0.15) is 0 Å². The number of alkyl halides is 6. The maximum Gasteiger partial charge on any atom is 0.360 e. The minimum atomic E-state index is -5.49. The van der Waals surface area contributed by atoms with Gasteiger partial charge in [0, 0.05) is 32.5 Å². The van der Waals surface area contributed by atoms with Crippen LogP contribution in [-0.2, 0) is 20.1 Å². The Balaban J connectivity index is 0.000000185. The van der Waals surface area contributed by atoms with Gasteiger partial charge >= 0.3 is 11.8 Å². The molecule has 2 nitrogen and oxygen atoms in total. The molecule has 0 fully saturated rings. The van der Waals surface area contributed by atoms with Crippen LogP contribution in [0.3, 0.4) is 0 Å². The fourth-order valence-corrected chi connectivity index (χ4v) is 3.19. The van der Waals surface area contributed by atoms with E-state index in [0.717, 1.165) is 29.6 Å². The molecule has 2 aromatic heterocycles. The average molecular weight is 649 g/mol. The summed E-state index contributed by atoms with van der Waals surface area (Å²) >= 11 is 0. The van der Waals surface area contributed by atoms with Crippen molar-refractivity contribution in [3.8, 4) is 11.3 Å². The second-order valence-corrected chi connectivity index (χ2v) is 7.13. The third-order valence-corrected chi connectivity index (χ3v) is 4.92. The number of pyridine rings is 2. The zero-order valence-corrected chi connectivity index (χ0v) is 19.5. The summed E-state index contributed by atoms with van der Waals surface area (Å²) in [5.41, 5.74) is -0.213. The van der Waals surface area contributed by atoms with Gasteiger partial charge in [-0.1, -0.05) is 42.1 Å². The summed E-state index contributed by atoms with van der Waals surface area (Å²) in [5, 5.41) is 2.38. The molecule has 2 aromatic carbocycles. The molecule has 0 atom stereocenters. The molecule has 0 saturated heterocycles. The second-order valence-electron chi connectivity index (χ2n) is 7.13. The minimum Gasteiger partial charge on any atom is -0.351 e. The number of hydrogen-bond donors (Lipinski definition) is 0. The van der Waals surface area contributed by atoms with Gasteiger partial charge in [-0.2, -0.15) is 23.6 Å². The summed E-state index contributed by atoms with van der Waals surface area (Å²) in [5.74, 6) is -15.5. The number of allylic oxidation sites excluding steroid dienone is 2. The number of hydrogen-bond acceptors (Lipinski definition) is 2. The molecule has 0 amide bonds. The van der Waals surface area contributed by atoms with Crippen molar-refractivity contribution in [1.29, 1.82) is 0 Å². The van der Waals surface area contributed by atoms with E-state index < -0.39 is 29.0 Å². The van der Waals surface area contributed by atoms with Crippen molar-refractivity contribution in [3.05, 3.63) is 103 Å². The Kier molecular flexibility index (Phi) is 7.29. The maximum atomic E-state index is 13.2. The number of aromatic nitrogens is 2. The molecular weight excluding hydrogens is 634 g/mol. The summed E-state index contributed by atoms with van der Waals surface area (Å²) in [6, 6.07) is 24.9. The third-order valence-electron chi connectivity index (χ3n) is 4.92. The van der Waals surface area contributed by atoms with Crippen LogP contribution < -0.4 is 0 Å². The van der Waals surface area contributed by atoms with Gasteiger partial charge < -0.3 is 9.97 Å². The van der Waals surface area contributed by atoms with Gasteiger partial charge in [0.05, 0.1) is 0 Å². The van der Waals surface area contributed by atoms with Gasteiger partial charge in [0.2, 0.25) is 0 Å². The molecule has 34 heavy (non-hydrogen) atoms. The summed E-state index contributed by atoms with van der Waals surface area (Å²) in [7, 11) is 0. The van der Waals surface area contributed by atoms with E-state index in [2.05, 4.69) is 34.2 Å². The summed E-state index contributed by atoms with van der Waals surface area (Å²) in [6.07, 6.45) is 3.79. The van der Waals surface area contributed by atoms with Gasteiger partial charge in [-0.15, -0.1) is 47.5 Å². The van der Waals surface area contributed by atoms with Crippen molar-refractivity contribution in [3.63, 3.8) is 0 Å². The smallest absolute Gasteiger partial charge is 0.351 e. The Labute approximate surface area is 204 Å². The number of halogens is 6. The van der Waals surface area contributed by atoms with E-state index in [4.69, 9.17) is 0 Å². The Morgan fingerprint density at radius 2 is 1.38 bits per heavy atom. The van der Waals surface area contributed by atoms with Gasteiger partial charge in [0.25, 0.3) is 5.92 Å². The molecule has 1 aliphatic rings. The van der Waals surface area contributed by atoms with Crippen molar-refractivity contribution in [2.45, 2.75) is 17.8 Å². The average Bonchev–Trinajstić information content (AvgIpc) is 2.96. The van der Waals surface area contributed by atoms with Crippen LogP contribution in [0.5, 0.6) is 0 Å². The Bertz CT molecular complexity index is 1290. The standard InChI is InChI=1S/C15H10N.C10H4F6N.Ir/c1-2-6-12(7-3-1)15-10-13-8-4-5-9-14(13)11-16-15;11-8(12)5-6(7-3-1-2-4-17-7)9(13,14)10(8,15)16;/h1-6,8-11H;1-4H;/q2*-1;. The van der Waals surface area contributed by atoms with Crippen LogP contribution in [0.1, 0.15) is 5.69 Å². The minimum absolute atomic E-state index is 0. The van der Waals surface area contributed by atoms with E-state index in [1.165, 1.54) is 22.9 Å². The molecule has 2 heterocycles. The first kappa shape index (κ1) is 25.6. The summed E-state index contributed by atoms with van der Waals surface area (Å²) in [4.78, 5) is 7.79. The molecule has 0 spiro atoms. The Hall–Kier alpha value is -3.03. The molecule has 1 aliphatic carbocycles. The topological polar surface area (TPSA) is 25.8 Å². The van der Waals surface area contributed by atoms with E-state index in [0.29, 0.717) is 0 Å². The van der Waals surface area contributed by atoms with Gasteiger partial charge in [-0.3, -0.25) is 0 Å². The quantitative estimate of drug-likeness (QED) is 0.175. The van der Waals surface area contributed by atoms with Gasteiger partial charge in [-0.25, -0.2) is 8.78 Å². The van der Waals surface area contributed by atoms with Gasteiger partial charge in [0.15, 0.2) is 0 Å². The maximum absolute atomic E-state index is 13.2. The first-order valence-electron chi connectivity index (χ1n) is 9.66. The molecule has 0 N–H and O–H groups in total. The predicted molar refractivity (Wildman–Crippen MR) is 112 cm³/mol. The fraction of sp³-hybridized carbons (Fsp3) is 0.120. The monoisotopic (exact) mass is 649 g/mol. The normalized spacial score (nSPS) is 17.2. The van der Waals surface area contributed by atoms with E-state index in [-0.39, 0.29) is 20.1 Å². The first-order chi connectivity index (χ1) is 15.6. The molecule has 9 heteroatoms.